The molecule has 6 nitrogen and oxygen atoms in total. The summed E-state index contributed by atoms with van der Waals surface area (Å²) in [6.07, 6.45) is 0. The lowest BCUT2D eigenvalue weighted by Crippen LogP contribution is -2.31. The summed E-state index contributed by atoms with van der Waals surface area (Å²) in [5, 5.41) is 0. The maximum Gasteiger partial charge on any atom is 0.261 e. The first-order valence-corrected chi connectivity index (χ1v) is 11.8. The molecule has 0 unspecified atom stereocenters. The predicted molar refractivity (Wildman–Crippen MR) is 126 cm³/mol. The van der Waals surface area contributed by atoms with Gasteiger partial charge in [0.15, 0.2) is 6.61 Å². The number of hydrogen-bond acceptors (Lipinski definition) is 4. The monoisotopic (exact) mass is 452 g/mol. The number of rotatable bonds is 8. The fourth-order valence-corrected chi connectivity index (χ4v) is 4.30. The summed E-state index contributed by atoms with van der Waals surface area (Å²) < 4.78 is 33.8. The van der Waals surface area contributed by atoms with Gasteiger partial charge in [-0.3, -0.25) is 9.52 Å². The first-order chi connectivity index (χ1) is 15.2. The summed E-state index contributed by atoms with van der Waals surface area (Å²) in [5.41, 5.74) is 4.27. The van der Waals surface area contributed by atoms with Crippen LogP contribution in [0.4, 0.5) is 5.69 Å². The molecule has 0 radical (unpaired) electrons. The molecule has 1 amide bonds. The van der Waals surface area contributed by atoms with Crippen molar-refractivity contribution in [2.24, 2.45) is 0 Å². The van der Waals surface area contributed by atoms with Crippen LogP contribution in [0.25, 0.3) is 0 Å². The Bertz CT molecular complexity index is 1210. The number of benzene rings is 3. The van der Waals surface area contributed by atoms with E-state index in [1.807, 2.05) is 50.2 Å². The molecule has 0 aliphatic rings. The molecule has 3 aromatic rings. The number of carbonyl (C=O) groups excluding carboxylic acids is 1. The van der Waals surface area contributed by atoms with Crippen molar-refractivity contribution < 1.29 is 17.9 Å². The minimum absolute atomic E-state index is 0.128. The molecule has 0 saturated heterocycles. The minimum Gasteiger partial charge on any atom is -0.483 e. The van der Waals surface area contributed by atoms with E-state index < -0.39 is 10.0 Å². The molecule has 0 bridgehead atoms. The Balaban J connectivity index is 1.64. The minimum atomic E-state index is -3.74. The number of sulfonamides is 1. The van der Waals surface area contributed by atoms with Crippen molar-refractivity contribution in [1.29, 1.82) is 0 Å². The van der Waals surface area contributed by atoms with Crippen LogP contribution < -0.4 is 9.46 Å². The van der Waals surface area contributed by atoms with Crippen LogP contribution in [0.3, 0.4) is 0 Å². The molecule has 0 spiro atoms. The molecule has 0 aliphatic carbocycles. The third-order valence-corrected chi connectivity index (χ3v) is 6.63. The van der Waals surface area contributed by atoms with Gasteiger partial charge in [-0.05, 0) is 73.4 Å². The van der Waals surface area contributed by atoms with E-state index >= 15 is 0 Å². The second kappa shape index (κ2) is 9.87. The highest BCUT2D eigenvalue weighted by Gasteiger charge is 2.17. The van der Waals surface area contributed by atoms with E-state index in [-0.39, 0.29) is 17.4 Å². The zero-order valence-electron chi connectivity index (χ0n) is 18.8. The molecule has 7 heteroatoms. The number of ether oxygens (including phenoxy) is 1. The van der Waals surface area contributed by atoms with Gasteiger partial charge in [-0.15, -0.1) is 0 Å². The normalized spacial score (nSPS) is 11.1. The fraction of sp³-hybridized carbons (Fsp3) is 0.240. The highest BCUT2D eigenvalue weighted by Crippen LogP contribution is 2.24. The van der Waals surface area contributed by atoms with Crippen LogP contribution in [-0.2, 0) is 21.4 Å². The zero-order valence-corrected chi connectivity index (χ0v) is 19.6. The third-order valence-electron chi connectivity index (χ3n) is 5.26. The van der Waals surface area contributed by atoms with Crippen molar-refractivity contribution in [1.82, 2.24) is 4.90 Å². The van der Waals surface area contributed by atoms with Crippen LogP contribution in [0.15, 0.2) is 71.6 Å². The van der Waals surface area contributed by atoms with Crippen LogP contribution in [0.2, 0.25) is 0 Å². The zero-order chi connectivity index (χ0) is 23.3. The Labute approximate surface area is 189 Å². The molecular formula is C25H28N2O4S. The van der Waals surface area contributed by atoms with Crippen LogP contribution in [0.5, 0.6) is 5.75 Å². The van der Waals surface area contributed by atoms with Gasteiger partial charge in [0.25, 0.3) is 15.9 Å². The maximum absolute atomic E-state index is 12.8. The molecule has 1 N–H and O–H groups in total. The van der Waals surface area contributed by atoms with Crippen molar-refractivity contribution in [3.63, 3.8) is 0 Å². The van der Waals surface area contributed by atoms with Gasteiger partial charge in [-0.2, -0.15) is 0 Å². The largest absolute Gasteiger partial charge is 0.483 e. The van der Waals surface area contributed by atoms with Gasteiger partial charge in [0.05, 0.1) is 4.90 Å². The van der Waals surface area contributed by atoms with Gasteiger partial charge < -0.3 is 9.64 Å². The Morgan fingerprint density at radius 1 is 0.906 bits per heavy atom. The topological polar surface area (TPSA) is 75.7 Å². The Kier molecular flexibility index (Phi) is 7.20. The third kappa shape index (κ3) is 5.88. The summed E-state index contributed by atoms with van der Waals surface area (Å²) in [7, 11) is -2.02. The van der Waals surface area contributed by atoms with E-state index in [2.05, 4.69) is 4.72 Å². The molecule has 3 aromatic carbocycles. The van der Waals surface area contributed by atoms with Crippen molar-refractivity contribution in [2.75, 3.05) is 18.4 Å². The van der Waals surface area contributed by atoms with E-state index in [4.69, 9.17) is 4.74 Å². The van der Waals surface area contributed by atoms with Gasteiger partial charge in [-0.25, -0.2) is 8.42 Å². The average Bonchev–Trinajstić information content (AvgIpc) is 2.75. The SMILES string of the molecule is Cc1ccc(NS(=O)(=O)c2ccc(OCC(=O)N(C)Cc3ccccc3)c(C)c2)cc1C. The Morgan fingerprint density at radius 2 is 1.62 bits per heavy atom. The summed E-state index contributed by atoms with van der Waals surface area (Å²) in [6, 6.07) is 19.7. The number of nitrogens with zero attached hydrogens (tertiary/aromatic N) is 1. The average molecular weight is 453 g/mol. The molecule has 32 heavy (non-hydrogen) atoms. The number of nitrogens with one attached hydrogen (secondary N) is 1. The summed E-state index contributed by atoms with van der Waals surface area (Å²) in [6.45, 7) is 6.02. The molecule has 3 rings (SSSR count). The number of carbonyl (C=O) groups is 1. The van der Waals surface area contributed by atoms with Gasteiger partial charge in [0.1, 0.15) is 5.75 Å². The van der Waals surface area contributed by atoms with E-state index in [1.54, 1.807) is 37.1 Å². The summed E-state index contributed by atoms with van der Waals surface area (Å²) >= 11 is 0. The van der Waals surface area contributed by atoms with Crippen molar-refractivity contribution in [3.8, 4) is 5.75 Å². The fourth-order valence-electron chi connectivity index (χ4n) is 3.17. The van der Waals surface area contributed by atoms with E-state index in [1.165, 1.54) is 12.1 Å². The molecule has 0 atom stereocenters. The molecule has 0 aliphatic heterocycles. The smallest absolute Gasteiger partial charge is 0.261 e. The lowest BCUT2D eigenvalue weighted by atomic mass is 10.1. The number of amides is 1. The van der Waals surface area contributed by atoms with Crippen molar-refractivity contribution >= 4 is 21.6 Å². The number of likely N-dealkylation sites (N-methyl/N-ethyl adjacent to an activating group) is 1. The van der Waals surface area contributed by atoms with Crippen LogP contribution in [0.1, 0.15) is 22.3 Å². The summed E-state index contributed by atoms with van der Waals surface area (Å²) in [4.78, 5) is 14.1. The van der Waals surface area contributed by atoms with Gasteiger partial charge in [-0.1, -0.05) is 36.4 Å². The van der Waals surface area contributed by atoms with Gasteiger partial charge >= 0.3 is 0 Å². The molecule has 0 heterocycles. The highest BCUT2D eigenvalue weighted by molar-refractivity contribution is 7.92. The van der Waals surface area contributed by atoms with E-state index in [0.29, 0.717) is 23.5 Å². The quantitative estimate of drug-likeness (QED) is 0.548. The van der Waals surface area contributed by atoms with Crippen LogP contribution in [-0.4, -0.2) is 32.9 Å². The van der Waals surface area contributed by atoms with Gasteiger partial charge in [0.2, 0.25) is 0 Å². The van der Waals surface area contributed by atoms with Gasteiger partial charge in [0, 0.05) is 19.3 Å². The second-order valence-electron chi connectivity index (χ2n) is 7.86. The van der Waals surface area contributed by atoms with Crippen molar-refractivity contribution in [2.45, 2.75) is 32.2 Å². The van der Waals surface area contributed by atoms with E-state index in [0.717, 1.165) is 16.7 Å². The van der Waals surface area contributed by atoms with Crippen LogP contribution in [0, 0.1) is 20.8 Å². The standard InChI is InChI=1S/C25H28N2O4S/c1-18-10-11-22(14-19(18)2)26-32(29,30)23-12-13-24(20(3)15-23)31-17-25(28)27(4)16-21-8-6-5-7-9-21/h5-15,26H,16-17H2,1-4H3. The molecular weight excluding hydrogens is 424 g/mol. The Hall–Kier alpha value is -3.32. The summed E-state index contributed by atoms with van der Waals surface area (Å²) in [5.74, 6) is 0.304. The number of hydrogen-bond donors (Lipinski definition) is 1. The second-order valence-corrected chi connectivity index (χ2v) is 9.54. The van der Waals surface area contributed by atoms with E-state index in [9.17, 15) is 13.2 Å². The molecule has 0 aromatic heterocycles. The number of aryl methyl sites for hydroxylation is 3. The maximum atomic E-state index is 12.8. The predicted octanol–water partition coefficient (Wildman–Crippen LogP) is 4.45. The first kappa shape index (κ1) is 23.3. The molecule has 0 saturated carbocycles. The highest BCUT2D eigenvalue weighted by atomic mass is 32.2. The first-order valence-electron chi connectivity index (χ1n) is 10.3. The van der Waals surface area contributed by atoms with Crippen LogP contribution >= 0.6 is 0 Å². The molecule has 168 valence electrons. The lowest BCUT2D eigenvalue weighted by molar-refractivity contribution is -0.132. The Morgan fingerprint density at radius 3 is 2.28 bits per heavy atom. The molecule has 0 fully saturated rings. The van der Waals surface area contributed by atoms with Crippen molar-refractivity contribution in [3.05, 3.63) is 89.0 Å². The lowest BCUT2D eigenvalue weighted by Gasteiger charge is -2.18. The number of anilines is 1.